The van der Waals surface area contributed by atoms with Crippen LogP contribution in [0.4, 0.5) is 27.3 Å². The molecule has 4 aromatic rings. The normalized spacial score (nSPS) is 14.0. The Morgan fingerprint density at radius 3 is 2.78 bits per heavy atom. The van der Waals surface area contributed by atoms with E-state index in [1.807, 2.05) is 6.07 Å². The summed E-state index contributed by atoms with van der Waals surface area (Å²) >= 11 is 0. The van der Waals surface area contributed by atoms with Crippen LogP contribution in [0.25, 0.3) is 16.5 Å². The molecule has 2 aromatic carbocycles. The number of anilines is 4. The first-order valence-corrected chi connectivity index (χ1v) is 12.5. The van der Waals surface area contributed by atoms with Crippen molar-refractivity contribution in [3.63, 3.8) is 0 Å². The summed E-state index contributed by atoms with van der Waals surface area (Å²) in [7, 11) is 0. The number of aryl methyl sites for hydroxylation is 1. The Labute approximate surface area is 215 Å². The number of hydrogen-bond acceptors (Lipinski definition) is 5. The van der Waals surface area contributed by atoms with E-state index >= 15 is 0 Å². The first-order valence-electron chi connectivity index (χ1n) is 12.5. The summed E-state index contributed by atoms with van der Waals surface area (Å²) in [4.78, 5) is 22.0. The minimum Gasteiger partial charge on any atom is -0.365 e. The Kier molecular flexibility index (Phi) is 6.92. The van der Waals surface area contributed by atoms with Crippen LogP contribution < -0.4 is 16.4 Å². The summed E-state index contributed by atoms with van der Waals surface area (Å²) in [6, 6.07) is 12.8. The fourth-order valence-corrected chi connectivity index (χ4v) is 4.91. The van der Waals surface area contributed by atoms with Gasteiger partial charge in [0.25, 0.3) is 5.91 Å². The highest BCUT2D eigenvalue weighted by molar-refractivity contribution is 6.02. The highest BCUT2D eigenvalue weighted by Gasteiger charge is 2.17. The van der Waals surface area contributed by atoms with E-state index in [0.717, 1.165) is 54.0 Å². The molecule has 0 atom stereocenters. The van der Waals surface area contributed by atoms with Gasteiger partial charge >= 0.3 is 0 Å². The Bertz CT molecular complexity index is 1490. The lowest BCUT2D eigenvalue weighted by Crippen LogP contribution is -2.30. The quantitative estimate of drug-likeness (QED) is 0.235. The van der Waals surface area contributed by atoms with Gasteiger partial charge in [0, 0.05) is 24.2 Å². The third-order valence-corrected chi connectivity index (χ3v) is 6.71. The van der Waals surface area contributed by atoms with E-state index < -0.39 is 11.7 Å². The van der Waals surface area contributed by atoms with Gasteiger partial charge in [-0.15, -0.1) is 0 Å². The van der Waals surface area contributed by atoms with Crippen molar-refractivity contribution in [1.82, 2.24) is 14.9 Å². The predicted octanol–water partition coefficient (Wildman–Crippen LogP) is 6.10. The molecule has 1 amide bonds. The lowest BCUT2D eigenvalue weighted by atomic mass is 9.98. The Balaban J connectivity index is 1.38. The molecule has 1 aliphatic heterocycles. The molecule has 0 radical (unpaired) electrons. The monoisotopic (exact) mass is 498 g/mol. The number of halogens is 1. The van der Waals surface area contributed by atoms with E-state index in [9.17, 15) is 9.18 Å². The predicted molar refractivity (Wildman–Crippen MR) is 148 cm³/mol. The van der Waals surface area contributed by atoms with Gasteiger partial charge in [-0.2, -0.15) is 0 Å². The molecule has 5 N–H and O–H groups in total. The van der Waals surface area contributed by atoms with Crippen LogP contribution in [0, 0.1) is 12.7 Å². The number of nitrogens with two attached hydrogens (primary N) is 1. The second-order valence-electron chi connectivity index (χ2n) is 9.43. The van der Waals surface area contributed by atoms with E-state index in [1.165, 1.54) is 29.7 Å². The fourth-order valence-electron chi connectivity index (χ4n) is 4.91. The number of nitrogens with zero attached hydrogens (tertiary/aromatic N) is 2. The summed E-state index contributed by atoms with van der Waals surface area (Å²) < 4.78 is 14.2. The first kappa shape index (κ1) is 24.5. The number of H-pyrrole nitrogens is 1. The van der Waals surface area contributed by atoms with Crippen LogP contribution >= 0.6 is 0 Å². The zero-order valence-electron chi connectivity index (χ0n) is 21.1. The summed E-state index contributed by atoms with van der Waals surface area (Å²) in [5, 5.41) is 7.44. The number of rotatable bonds is 8. The molecule has 0 spiro atoms. The summed E-state index contributed by atoms with van der Waals surface area (Å²) in [6.07, 6.45) is 7.97. The maximum Gasteiger partial charge on any atom is 0.253 e. The van der Waals surface area contributed by atoms with Crippen LogP contribution in [0.3, 0.4) is 0 Å². The molecule has 5 rings (SSSR count). The van der Waals surface area contributed by atoms with E-state index in [2.05, 4.69) is 63.6 Å². The summed E-state index contributed by atoms with van der Waals surface area (Å²) in [5.41, 5.74) is 11.7. The van der Waals surface area contributed by atoms with Crippen LogP contribution in [-0.2, 0) is 0 Å². The van der Waals surface area contributed by atoms with E-state index in [-0.39, 0.29) is 5.56 Å². The highest BCUT2D eigenvalue weighted by atomic mass is 19.1. The number of carbonyl (C=O) groups is 1. The van der Waals surface area contributed by atoms with Gasteiger partial charge in [0.2, 0.25) is 0 Å². The largest absolute Gasteiger partial charge is 0.365 e. The number of primary amides is 1. The second-order valence-corrected chi connectivity index (χ2v) is 9.43. The number of hydrogen-bond donors (Lipinski definition) is 4. The Hall–Kier alpha value is -4.17. The van der Waals surface area contributed by atoms with Crippen LogP contribution in [0.15, 0.2) is 60.9 Å². The average molecular weight is 499 g/mol. The second kappa shape index (κ2) is 10.4. The number of benzene rings is 2. The maximum atomic E-state index is 14.2. The van der Waals surface area contributed by atoms with Crippen LogP contribution in [0.5, 0.6) is 0 Å². The molecular formula is C29H31FN6O. The summed E-state index contributed by atoms with van der Waals surface area (Å²) in [5.74, 6) is -0.713. The van der Waals surface area contributed by atoms with Gasteiger partial charge in [0.15, 0.2) is 0 Å². The van der Waals surface area contributed by atoms with Gasteiger partial charge in [-0.25, -0.2) is 4.39 Å². The van der Waals surface area contributed by atoms with Crippen molar-refractivity contribution in [3.05, 3.63) is 83.4 Å². The van der Waals surface area contributed by atoms with E-state index in [4.69, 9.17) is 5.73 Å². The van der Waals surface area contributed by atoms with Crippen molar-refractivity contribution < 1.29 is 9.18 Å². The van der Waals surface area contributed by atoms with Crippen LogP contribution in [0.1, 0.15) is 41.3 Å². The van der Waals surface area contributed by atoms with Gasteiger partial charge in [0.1, 0.15) is 11.6 Å². The van der Waals surface area contributed by atoms with Gasteiger partial charge in [0.05, 0.1) is 34.8 Å². The average Bonchev–Trinajstić information content (AvgIpc) is 3.29. The topological polar surface area (TPSA) is 99.1 Å². The molecule has 0 aliphatic carbocycles. The molecule has 8 heteroatoms. The fraction of sp³-hybridized carbons (Fsp3) is 0.241. The third-order valence-electron chi connectivity index (χ3n) is 6.71. The molecule has 0 unspecified atom stereocenters. The van der Waals surface area contributed by atoms with Gasteiger partial charge in [-0.1, -0.05) is 25.1 Å². The molecule has 190 valence electrons. The zero-order chi connectivity index (χ0) is 25.9. The molecule has 3 heterocycles. The third kappa shape index (κ3) is 5.20. The number of aromatic nitrogens is 2. The lowest BCUT2D eigenvalue weighted by Gasteiger charge is -2.27. The van der Waals surface area contributed by atoms with Crippen molar-refractivity contribution >= 4 is 45.3 Å². The highest BCUT2D eigenvalue weighted by Crippen LogP contribution is 2.32. The number of fused-ring (bicyclic) bond motifs is 1. The van der Waals surface area contributed by atoms with E-state index in [0.29, 0.717) is 11.4 Å². The van der Waals surface area contributed by atoms with Crippen molar-refractivity contribution in [2.24, 2.45) is 5.73 Å². The maximum absolute atomic E-state index is 14.2. The molecule has 0 bridgehead atoms. The number of aromatic amines is 1. The summed E-state index contributed by atoms with van der Waals surface area (Å²) in [6.45, 7) is 7.58. The lowest BCUT2D eigenvalue weighted by molar-refractivity contribution is 0.0997. The number of pyridine rings is 1. The number of nitrogens with one attached hydrogen (secondary N) is 3. The number of amides is 1. The van der Waals surface area contributed by atoms with Crippen molar-refractivity contribution in [3.8, 4) is 0 Å². The first-order chi connectivity index (χ1) is 17.9. The SMILES string of the molecule is CCCN1CCC=C(c2ccc(Nc3cc4c(Nc5cccc(F)c5C(N)=O)cncc4[nH]3)c(C)c2)C1. The van der Waals surface area contributed by atoms with Gasteiger partial charge < -0.3 is 21.4 Å². The Morgan fingerprint density at radius 1 is 1.14 bits per heavy atom. The zero-order valence-corrected chi connectivity index (χ0v) is 21.1. The van der Waals surface area contributed by atoms with Crippen LogP contribution in [-0.4, -0.2) is 40.4 Å². The van der Waals surface area contributed by atoms with Gasteiger partial charge in [-0.05, 0) is 73.3 Å². The minimum atomic E-state index is -0.835. The smallest absolute Gasteiger partial charge is 0.253 e. The van der Waals surface area contributed by atoms with Crippen molar-refractivity contribution in [2.45, 2.75) is 26.7 Å². The molecule has 1 aliphatic rings. The molecule has 2 aromatic heterocycles. The van der Waals surface area contributed by atoms with Gasteiger partial charge in [-0.3, -0.25) is 14.7 Å². The molecule has 0 saturated heterocycles. The standard InChI is InChI=1S/C29H31FN6O/c1-3-11-36-12-5-6-20(17-36)19-9-10-23(18(2)13-19)34-27-14-21-25(15-32-16-26(21)35-27)33-24-8-4-7-22(30)28(24)29(31)37/h4,6-10,13-16,33-35H,3,5,11-12,17H2,1-2H3,(H2,31,37). The van der Waals surface area contributed by atoms with E-state index in [1.54, 1.807) is 18.5 Å². The molecular weight excluding hydrogens is 467 g/mol. The molecule has 0 fully saturated rings. The minimum absolute atomic E-state index is 0.185. The van der Waals surface area contributed by atoms with Crippen molar-refractivity contribution in [2.75, 3.05) is 30.3 Å². The number of carbonyl (C=O) groups excluding carboxylic acids is 1. The Morgan fingerprint density at radius 2 is 2.00 bits per heavy atom. The molecule has 7 nitrogen and oxygen atoms in total. The molecule has 0 saturated carbocycles. The molecule has 37 heavy (non-hydrogen) atoms. The van der Waals surface area contributed by atoms with Crippen LogP contribution in [0.2, 0.25) is 0 Å². The van der Waals surface area contributed by atoms with Crippen molar-refractivity contribution in [1.29, 1.82) is 0 Å².